The highest BCUT2D eigenvalue weighted by atomic mass is 19.3. The molecule has 0 saturated heterocycles. The Morgan fingerprint density at radius 3 is 2.42 bits per heavy atom. The van der Waals surface area contributed by atoms with E-state index in [1.54, 1.807) is 0 Å². The summed E-state index contributed by atoms with van der Waals surface area (Å²) >= 11 is 0. The molecule has 0 atom stereocenters. The summed E-state index contributed by atoms with van der Waals surface area (Å²) in [4.78, 5) is 11.7. The van der Waals surface area contributed by atoms with Gasteiger partial charge in [-0.2, -0.15) is 0 Å². The van der Waals surface area contributed by atoms with Gasteiger partial charge < -0.3 is 9.47 Å². The molecular formula is C19H26F2O3. The van der Waals surface area contributed by atoms with E-state index in [0.717, 1.165) is 38.0 Å². The van der Waals surface area contributed by atoms with Crippen molar-refractivity contribution in [2.45, 2.75) is 57.8 Å². The van der Waals surface area contributed by atoms with E-state index in [2.05, 4.69) is 23.8 Å². The van der Waals surface area contributed by atoms with Crippen molar-refractivity contribution in [2.24, 2.45) is 5.92 Å². The molecule has 0 N–H and O–H groups in total. The summed E-state index contributed by atoms with van der Waals surface area (Å²) in [7, 11) is 0. The number of hydrogen-bond acceptors (Lipinski definition) is 3. The van der Waals surface area contributed by atoms with Gasteiger partial charge in [-0.15, -0.1) is 0 Å². The lowest BCUT2D eigenvalue weighted by Gasteiger charge is -2.27. The Hall–Kier alpha value is -1.65. The van der Waals surface area contributed by atoms with Gasteiger partial charge in [-0.1, -0.05) is 25.5 Å². The van der Waals surface area contributed by atoms with Crippen LogP contribution in [-0.2, 0) is 9.53 Å². The van der Waals surface area contributed by atoms with Gasteiger partial charge in [0.1, 0.15) is 5.75 Å². The van der Waals surface area contributed by atoms with Crippen LogP contribution in [0.4, 0.5) is 8.78 Å². The maximum Gasteiger partial charge on any atom is 0.309 e. The molecule has 1 aliphatic carbocycles. The number of alkyl halides is 2. The Balaban J connectivity index is 1.78. The molecule has 1 aromatic rings. The fraction of sp³-hybridized carbons (Fsp3) is 0.632. The van der Waals surface area contributed by atoms with Gasteiger partial charge in [0.25, 0.3) is 6.43 Å². The van der Waals surface area contributed by atoms with E-state index in [1.807, 2.05) is 12.1 Å². The lowest BCUT2D eigenvalue weighted by molar-refractivity contribution is -0.153. The Morgan fingerprint density at radius 1 is 1.17 bits per heavy atom. The molecule has 0 spiro atoms. The first kappa shape index (κ1) is 18.7. The third kappa shape index (κ3) is 5.77. The molecule has 2 rings (SSSR count). The number of rotatable bonds is 8. The van der Waals surface area contributed by atoms with E-state index in [4.69, 9.17) is 4.74 Å². The van der Waals surface area contributed by atoms with Gasteiger partial charge in [0.2, 0.25) is 0 Å². The molecule has 1 fully saturated rings. The van der Waals surface area contributed by atoms with Crippen molar-refractivity contribution in [3.63, 3.8) is 0 Å². The number of esters is 1. The SMILES string of the molecule is CCCCOc1ccc([C@H]2CC[C@H](C(=O)OCC(F)F)CC2)cc1. The van der Waals surface area contributed by atoms with Crippen LogP contribution in [-0.4, -0.2) is 25.6 Å². The van der Waals surface area contributed by atoms with Gasteiger partial charge in [0.15, 0.2) is 6.61 Å². The van der Waals surface area contributed by atoms with Crippen LogP contribution in [0, 0.1) is 5.92 Å². The Bertz CT molecular complexity index is 494. The summed E-state index contributed by atoms with van der Waals surface area (Å²) in [6, 6.07) is 8.16. The number of benzene rings is 1. The summed E-state index contributed by atoms with van der Waals surface area (Å²) in [6.07, 6.45) is 2.72. The van der Waals surface area contributed by atoms with Crippen molar-refractivity contribution in [2.75, 3.05) is 13.2 Å². The molecule has 0 radical (unpaired) electrons. The van der Waals surface area contributed by atoms with Gasteiger partial charge in [0.05, 0.1) is 12.5 Å². The minimum absolute atomic E-state index is 0.239. The molecule has 0 unspecified atom stereocenters. The smallest absolute Gasteiger partial charge is 0.309 e. The Kier molecular flexibility index (Phi) is 7.47. The molecule has 0 aliphatic heterocycles. The maximum atomic E-state index is 12.1. The van der Waals surface area contributed by atoms with Crippen LogP contribution in [0.3, 0.4) is 0 Å². The molecule has 3 nitrogen and oxygen atoms in total. The van der Waals surface area contributed by atoms with Gasteiger partial charge in [-0.05, 0) is 55.7 Å². The Labute approximate surface area is 142 Å². The molecule has 24 heavy (non-hydrogen) atoms. The van der Waals surface area contributed by atoms with Gasteiger partial charge in [0, 0.05) is 0 Å². The zero-order valence-corrected chi connectivity index (χ0v) is 14.2. The van der Waals surface area contributed by atoms with Crippen LogP contribution >= 0.6 is 0 Å². The Morgan fingerprint density at radius 2 is 1.83 bits per heavy atom. The first-order valence-corrected chi connectivity index (χ1v) is 8.77. The van der Waals surface area contributed by atoms with E-state index < -0.39 is 19.0 Å². The molecule has 0 bridgehead atoms. The van der Waals surface area contributed by atoms with Crippen LogP contribution in [0.2, 0.25) is 0 Å². The molecule has 134 valence electrons. The largest absolute Gasteiger partial charge is 0.494 e. The lowest BCUT2D eigenvalue weighted by atomic mass is 9.79. The summed E-state index contributed by atoms with van der Waals surface area (Å²) in [5.41, 5.74) is 1.25. The molecule has 0 amide bonds. The van der Waals surface area contributed by atoms with E-state index >= 15 is 0 Å². The normalized spacial score (nSPS) is 20.8. The fourth-order valence-corrected chi connectivity index (χ4v) is 3.10. The van der Waals surface area contributed by atoms with E-state index in [1.165, 1.54) is 5.56 Å². The molecule has 0 aromatic heterocycles. The first-order chi connectivity index (χ1) is 11.6. The lowest BCUT2D eigenvalue weighted by Crippen LogP contribution is -2.24. The van der Waals surface area contributed by atoms with Crippen molar-refractivity contribution < 1.29 is 23.0 Å². The van der Waals surface area contributed by atoms with Crippen molar-refractivity contribution in [3.8, 4) is 5.75 Å². The van der Waals surface area contributed by atoms with Crippen molar-refractivity contribution in [3.05, 3.63) is 29.8 Å². The summed E-state index contributed by atoms with van der Waals surface area (Å²) in [6.45, 7) is 2.08. The fourth-order valence-electron chi connectivity index (χ4n) is 3.10. The minimum atomic E-state index is -2.59. The number of carbonyl (C=O) groups excluding carboxylic acids is 1. The van der Waals surface area contributed by atoms with E-state index in [0.29, 0.717) is 18.8 Å². The first-order valence-electron chi connectivity index (χ1n) is 8.77. The number of ether oxygens (including phenoxy) is 2. The van der Waals surface area contributed by atoms with Gasteiger partial charge in [-0.3, -0.25) is 4.79 Å². The average Bonchev–Trinajstić information content (AvgIpc) is 2.60. The molecule has 1 aliphatic rings. The van der Waals surface area contributed by atoms with Crippen LogP contribution < -0.4 is 4.74 Å². The van der Waals surface area contributed by atoms with Crippen LogP contribution in [0.5, 0.6) is 5.75 Å². The predicted octanol–water partition coefficient (Wildman–Crippen LogP) is 4.95. The standard InChI is InChI=1S/C19H26F2O3/c1-2-3-12-23-17-10-8-15(9-11-17)14-4-6-16(7-5-14)19(22)24-13-18(20)21/h8-11,14,16,18H,2-7,12-13H2,1H3/t14-,16-. The third-order valence-electron chi connectivity index (χ3n) is 4.53. The molecule has 1 aromatic carbocycles. The van der Waals surface area contributed by atoms with Crippen LogP contribution in [0.25, 0.3) is 0 Å². The summed E-state index contributed by atoms with van der Waals surface area (Å²) in [5.74, 6) is 0.579. The number of carbonyl (C=O) groups is 1. The van der Waals surface area contributed by atoms with Crippen LogP contribution in [0.1, 0.15) is 56.9 Å². The van der Waals surface area contributed by atoms with Crippen LogP contribution in [0.15, 0.2) is 24.3 Å². The number of halogens is 2. The number of hydrogen-bond donors (Lipinski definition) is 0. The highest BCUT2D eigenvalue weighted by molar-refractivity contribution is 5.72. The zero-order valence-electron chi connectivity index (χ0n) is 14.2. The second-order valence-corrected chi connectivity index (χ2v) is 6.34. The topological polar surface area (TPSA) is 35.5 Å². The minimum Gasteiger partial charge on any atom is -0.494 e. The second-order valence-electron chi connectivity index (χ2n) is 6.34. The average molecular weight is 340 g/mol. The maximum absolute atomic E-state index is 12.1. The van der Waals surface area contributed by atoms with Crippen molar-refractivity contribution in [1.82, 2.24) is 0 Å². The predicted molar refractivity (Wildman–Crippen MR) is 88.5 cm³/mol. The highest BCUT2D eigenvalue weighted by Crippen LogP contribution is 2.36. The van der Waals surface area contributed by atoms with Gasteiger partial charge >= 0.3 is 5.97 Å². The van der Waals surface area contributed by atoms with Crippen molar-refractivity contribution in [1.29, 1.82) is 0 Å². The summed E-state index contributed by atoms with van der Waals surface area (Å²) in [5, 5.41) is 0. The zero-order chi connectivity index (χ0) is 17.4. The molecule has 5 heteroatoms. The highest BCUT2D eigenvalue weighted by Gasteiger charge is 2.28. The summed E-state index contributed by atoms with van der Waals surface area (Å²) < 4.78 is 34.5. The molecule has 0 heterocycles. The van der Waals surface area contributed by atoms with Gasteiger partial charge in [-0.25, -0.2) is 8.78 Å². The monoisotopic (exact) mass is 340 g/mol. The molecular weight excluding hydrogens is 314 g/mol. The van der Waals surface area contributed by atoms with E-state index in [9.17, 15) is 13.6 Å². The quantitative estimate of drug-likeness (QED) is 0.496. The molecule has 1 saturated carbocycles. The second kappa shape index (κ2) is 9.60. The third-order valence-corrected chi connectivity index (χ3v) is 4.53. The number of unbranched alkanes of at least 4 members (excludes halogenated alkanes) is 1. The van der Waals surface area contributed by atoms with E-state index in [-0.39, 0.29) is 5.92 Å². The van der Waals surface area contributed by atoms with Crippen molar-refractivity contribution >= 4 is 5.97 Å².